The lowest BCUT2D eigenvalue weighted by Crippen LogP contribution is -2.28. The highest BCUT2D eigenvalue weighted by atomic mass is 32.2. The summed E-state index contributed by atoms with van der Waals surface area (Å²) < 4.78 is 31.6. The van der Waals surface area contributed by atoms with Crippen LogP contribution in [0.2, 0.25) is 0 Å². The van der Waals surface area contributed by atoms with Crippen LogP contribution in [0.5, 0.6) is 0 Å². The molecule has 1 fully saturated rings. The molecule has 0 spiro atoms. The second-order valence-corrected chi connectivity index (χ2v) is 7.06. The molecular weight excluding hydrogens is 290 g/mol. The molecule has 0 radical (unpaired) electrons. The lowest BCUT2D eigenvalue weighted by molar-refractivity contribution is 0.178. The molecule has 1 aromatic rings. The van der Waals surface area contributed by atoms with Crippen LogP contribution in [0.1, 0.15) is 19.3 Å². The SMILES string of the molecule is COCC(N)CCNc1ccc(S(=O)(=O)NC2CC2)cc1. The number of nitrogens with two attached hydrogens (primary N) is 1. The third kappa shape index (κ3) is 5.28. The van der Waals surface area contributed by atoms with Gasteiger partial charge in [0.2, 0.25) is 10.0 Å². The predicted molar refractivity (Wildman–Crippen MR) is 82.7 cm³/mol. The maximum atomic E-state index is 12.0. The zero-order chi connectivity index (χ0) is 15.3. The first-order chi connectivity index (χ1) is 10.0. The zero-order valence-electron chi connectivity index (χ0n) is 12.2. The van der Waals surface area contributed by atoms with Crippen molar-refractivity contribution in [1.82, 2.24) is 4.72 Å². The van der Waals surface area contributed by atoms with E-state index in [1.165, 1.54) is 0 Å². The van der Waals surface area contributed by atoms with Crippen molar-refractivity contribution in [3.05, 3.63) is 24.3 Å². The Morgan fingerprint density at radius 2 is 2.00 bits per heavy atom. The van der Waals surface area contributed by atoms with Crippen molar-refractivity contribution in [1.29, 1.82) is 0 Å². The van der Waals surface area contributed by atoms with Crippen LogP contribution in [0.4, 0.5) is 5.69 Å². The van der Waals surface area contributed by atoms with E-state index in [1.54, 1.807) is 31.4 Å². The average Bonchev–Trinajstić information content (AvgIpc) is 3.23. The Morgan fingerprint density at radius 3 is 2.57 bits per heavy atom. The molecule has 7 heteroatoms. The fourth-order valence-corrected chi connectivity index (χ4v) is 3.24. The quantitative estimate of drug-likeness (QED) is 0.630. The Morgan fingerprint density at radius 1 is 1.33 bits per heavy atom. The highest BCUT2D eigenvalue weighted by molar-refractivity contribution is 7.89. The highest BCUT2D eigenvalue weighted by Crippen LogP contribution is 2.22. The van der Waals surface area contributed by atoms with E-state index in [9.17, 15) is 8.42 Å². The minimum atomic E-state index is -3.37. The molecule has 1 aliphatic carbocycles. The Hall–Kier alpha value is -1.15. The molecular formula is C14H23N3O3S. The molecule has 1 aromatic carbocycles. The third-order valence-corrected chi connectivity index (χ3v) is 4.83. The summed E-state index contributed by atoms with van der Waals surface area (Å²) in [5.41, 5.74) is 6.71. The van der Waals surface area contributed by atoms with Gasteiger partial charge in [0.25, 0.3) is 0 Å². The third-order valence-electron chi connectivity index (χ3n) is 3.29. The van der Waals surface area contributed by atoms with Gasteiger partial charge in [0, 0.05) is 31.4 Å². The summed E-state index contributed by atoms with van der Waals surface area (Å²) in [6.07, 6.45) is 2.65. The number of rotatable bonds is 9. The number of nitrogens with one attached hydrogen (secondary N) is 2. The van der Waals surface area contributed by atoms with Gasteiger partial charge in [-0.25, -0.2) is 13.1 Å². The summed E-state index contributed by atoms with van der Waals surface area (Å²) in [5, 5.41) is 3.21. The number of sulfonamides is 1. The van der Waals surface area contributed by atoms with E-state index in [-0.39, 0.29) is 12.1 Å². The smallest absolute Gasteiger partial charge is 0.240 e. The zero-order valence-corrected chi connectivity index (χ0v) is 13.0. The molecule has 21 heavy (non-hydrogen) atoms. The first-order valence-corrected chi connectivity index (χ1v) is 8.60. The molecule has 0 heterocycles. The number of ether oxygens (including phenoxy) is 1. The van der Waals surface area contributed by atoms with Gasteiger partial charge in [0.1, 0.15) is 0 Å². The summed E-state index contributed by atoms with van der Waals surface area (Å²) in [6, 6.07) is 6.89. The van der Waals surface area contributed by atoms with Crippen LogP contribution in [0.3, 0.4) is 0 Å². The molecule has 0 aliphatic heterocycles. The maximum absolute atomic E-state index is 12.0. The topological polar surface area (TPSA) is 93.4 Å². The van der Waals surface area contributed by atoms with Crippen LogP contribution in [-0.2, 0) is 14.8 Å². The molecule has 0 aromatic heterocycles. The Labute approximate surface area is 126 Å². The van der Waals surface area contributed by atoms with Gasteiger partial charge in [-0.05, 0) is 43.5 Å². The fraction of sp³-hybridized carbons (Fsp3) is 0.571. The van der Waals surface area contributed by atoms with E-state index >= 15 is 0 Å². The van der Waals surface area contributed by atoms with Crippen LogP contribution in [0.15, 0.2) is 29.2 Å². The van der Waals surface area contributed by atoms with Gasteiger partial charge < -0.3 is 15.8 Å². The average molecular weight is 313 g/mol. The van der Waals surface area contributed by atoms with Gasteiger partial charge in [0.05, 0.1) is 11.5 Å². The number of methoxy groups -OCH3 is 1. The number of benzene rings is 1. The predicted octanol–water partition coefficient (Wildman–Crippen LogP) is 0.903. The molecule has 1 atom stereocenters. The molecule has 118 valence electrons. The van der Waals surface area contributed by atoms with Gasteiger partial charge in [-0.3, -0.25) is 0 Å². The summed E-state index contributed by atoms with van der Waals surface area (Å²) in [4.78, 5) is 0.302. The Kier molecular flexibility index (Phi) is 5.58. The molecule has 0 saturated heterocycles. The molecule has 1 saturated carbocycles. The molecule has 4 N–H and O–H groups in total. The Bertz CT molecular complexity index is 541. The van der Waals surface area contributed by atoms with Gasteiger partial charge >= 0.3 is 0 Å². The van der Waals surface area contributed by atoms with Crippen molar-refractivity contribution in [3.8, 4) is 0 Å². The van der Waals surface area contributed by atoms with Crippen molar-refractivity contribution >= 4 is 15.7 Å². The number of hydrogen-bond donors (Lipinski definition) is 3. The van der Waals surface area contributed by atoms with Gasteiger partial charge in [0.15, 0.2) is 0 Å². The first kappa shape index (κ1) is 16.2. The van der Waals surface area contributed by atoms with Crippen LogP contribution < -0.4 is 15.8 Å². The van der Waals surface area contributed by atoms with Crippen molar-refractivity contribution in [2.45, 2.75) is 36.2 Å². The largest absolute Gasteiger partial charge is 0.385 e. The highest BCUT2D eigenvalue weighted by Gasteiger charge is 2.27. The van der Waals surface area contributed by atoms with E-state index in [0.717, 1.165) is 31.5 Å². The second-order valence-electron chi connectivity index (χ2n) is 5.35. The van der Waals surface area contributed by atoms with E-state index < -0.39 is 10.0 Å². The van der Waals surface area contributed by atoms with Crippen LogP contribution in [0.25, 0.3) is 0 Å². The maximum Gasteiger partial charge on any atom is 0.240 e. The van der Waals surface area contributed by atoms with E-state index in [4.69, 9.17) is 10.5 Å². The van der Waals surface area contributed by atoms with Crippen molar-refractivity contribution in [2.75, 3.05) is 25.6 Å². The minimum absolute atomic E-state index is 0.00453. The Balaban J connectivity index is 1.84. The summed E-state index contributed by atoms with van der Waals surface area (Å²) in [7, 11) is -1.74. The number of hydrogen-bond acceptors (Lipinski definition) is 5. The van der Waals surface area contributed by atoms with Crippen LogP contribution in [-0.4, -0.2) is 40.8 Å². The van der Waals surface area contributed by atoms with Gasteiger partial charge in [-0.2, -0.15) is 0 Å². The first-order valence-electron chi connectivity index (χ1n) is 7.12. The van der Waals surface area contributed by atoms with E-state index in [1.807, 2.05) is 0 Å². The summed E-state index contributed by atoms with van der Waals surface area (Å²) >= 11 is 0. The molecule has 6 nitrogen and oxygen atoms in total. The molecule has 2 rings (SSSR count). The fourth-order valence-electron chi connectivity index (χ4n) is 1.94. The molecule has 0 bridgehead atoms. The van der Waals surface area contributed by atoms with Crippen molar-refractivity contribution in [2.24, 2.45) is 5.73 Å². The lowest BCUT2D eigenvalue weighted by atomic mass is 10.2. The van der Waals surface area contributed by atoms with Gasteiger partial charge in [-0.15, -0.1) is 0 Å². The number of anilines is 1. The normalized spacial score (nSPS) is 16.7. The van der Waals surface area contributed by atoms with Gasteiger partial charge in [-0.1, -0.05) is 0 Å². The summed E-state index contributed by atoms with van der Waals surface area (Å²) in [6.45, 7) is 1.25. The standard InChI is InChI=1S/C14H23N3O3S/c1-20-10-11(15)8-9-16-12-4-6-14(7-5-12)21(18,19)17-13-2-3-13/h4-7,11,13,16-17H,2-3,8-10,15H2,1H3. The summed E-state index contributed by atoms with van der Waals surface area (Å²) in [5.74, 6) is 0. The van der Waals surface area contributed by atoms with Crippen LogP contribution in [0, 0.1) is 0 Å². The van der Waals surface area contributed by atoms with Crippen LogP contribution >= 0.6 is 0 Å². The molecule has 1 unspecified atom stereocenters. The van der Waals surface area contributed by atoms with Crippen molar-refractivity contribution in [3.63, 3.8) is 0 Å². The minimum Gasteiger partial charge on any atom is -0.385 e. The monoisotopic (exact) mass is 313 g/mol. The molecule has 0 amide bonds. The van der Waals surface area contributed by atoms with Crippen molar-refractivity contribution < 1.29 is 13.2 Å². The van der Waals surface area contributed by atoms with E-state index in [2.05, 4.69) is 10.0 Å². The second kappa shape index (κ2) is 7.22. The molecule has 1 aliphatic rings. The lowest BCUT2D eigenvalue weighted by Gasteiger charge is -2.12. The van der Waals surface area contributed by atoms with E-state index in [0.29, 0.717) is 11.5 Å².